The molecule has 10 heteroatoms. The van der Waals surface area contributed by atoms with Crippen molar-refractivity contribution in [2.45, 2.75) is 19.0 Å². The quantitative estimate of drug-likeness (QED) is 0.566. The lowest BCUT2D eigenvalue weighted by Gasteiger charge is -2.17. The summed E-state index contributed by atoms with van der Waals surface area (Å²) in [6.07, 6.45) is -3.62. The van der Waals surface area contributed by atoms with E-state index in [9.17, 15) is 28.1 Å². The Bertz CT molecular complexity index is 667. The maximum Gasteiger partial charge on any atom is 0.416 e. The van der Waals surface area contributed by atoms with E-state index in [4.69, 9.17) is 0 Å². The highest BCUT2D eigenvalue weighted by Gasteiger charge is 2.33. The van der Waals surface area contributed by atoms with E-state index in [1.807, 2.05) is 7.05 Å². The molecule has 0 aromatic heterocycles. The Labute approximate surface area is 148 Å². The van der Waals surface area contributed by atoms with Crippen LogP contribution in [0.3, 0.4) is 0 Å². The van der Waals surface area contributed by atoms with Crippen LogP contribution in [-0.4, -0.2) is 49.0 Å². The van der Waals surface area contributed by atoms with Crippen molar-refractivity contribution >= 4 is 17.3 Å². The van der Waals surface area contributed by atoms with E-state index in [0.29, 0.717) is 25.1 Å². The molecule has 144 valence electrons. The summed E-state index contributed by atoms with van der Waals surface area (Å²) in [4.78, 5) is 24.1. The predicted molar refractivity (Wildman–Crippen MR) is 89.8 cm³/mol. The van der Waals surface area contributed by atoms with Gasteiger partial charge >= 0.3 is 6.18 Å². The van der Waals surface area contributed by atoms with E-state index in [2.05, 4.69) is 10.6 Å². The van der Waals surface area contributed by atoms with Crippen LogP contribution in [-0.2, 0) is 11.0 Å². The van der Waals surface area contributed by atoms with Crippen molar-refractivity contribution < 1.29 is 22.9 Å². The molecule has 1 amide bonds. The van der Waals surface area contributed by atoms with Crippen LogP contribution in [0.25, 0.3) is 0 Å². The molecule has 2 N–H and O–H groups in total. The number of benzene rings is 1. The normalized spacial score (nSPS) is 17.4. The molecule has 1 aliphatic heterocycles. The summed E-state index contributed by atoms with van der Waals surface area (Å²) in [5, 5.41) is 16.8. The van der Waals surface area contributed by atoms with Gasteiger partial charge in [0.15, 0.2) is 0 Å². The van der Waals surface area contributed by atoms with Crippen molar-refractivity contribution in [2.75, 3.05) is 38.5 Å². The summed E-state index contributed by atoms with van der Waals surface area (Å²) in [6.45, 7) is 2.28. The van der Waals surface area contributed by atoms with Crippen molar-refractivity contribution in [3.8, 4) is 0 Å². The van der Waals surface area contributed by atoms with Crippen LogP contribution < -0.4 is 10.6 Å². The van der Waals surface area contributed by atoms with Gasteiger partial charge in [-0.3, -0.25) is 14.9 Å². The number of amides is 1. The molecule has 0 bridgehead atoms. The summed E-state index contributed by atoms with van der Waals surface area (Å²) >= 11 is 0. The molecule has 1 unspecified atom stereocenters. The van der Waals surface area contributed by atoms with E-state index in [1.54, 1.807) is 4.90 Å². The zero-order chi connectivity index (χ0) is 19.3. The van der Waals surface area contributed by atoms with Gasteiger partial charge < -0.3 is 15.5 Å². The van der Waals surface area contributed by atoms with Gasteiger partial charge in [0.2, 0.25) is 5.91 Å². The zero-order valence-electron chi connectivity index (χ0n) is 14.3. The lowest BCUT2D eigenvalue weighted by Crippen LogP contribution is -2.31. The molecule has 1 aliphatic rings. The largest absolute Gasteiger partial charge is 0.416 e. The molecule has 1 aromatic rings. The van der Waals surface area contributed by atoms with E-state index in [-0.39, 0.29) is 24.6 Å². The number of anilines is 1. The van der Waals surface area contributed by atoms with Gasteiger partial charge in [0, 0.05) is 32.1 Å². The molecule has 1 atom stereocenters. The second kappa shape index (κ2) is 8.35. The first-order valence-electron chi connectivity index (χ1n) is 8.24. The van der Waals surface area contributed by atoms with Crippen LogP contribution in [0, 0.1) is 16.0 Å². The Hall–Kier alpha value is -2.36. The third-order valence-corrected chi connectivity index (χ3v) is 4.31. The van der Waals surface area contributed by atoms with Gasteiger partial charge in [-0.15, -0.1) is 0 Å². The number of nitrogens with zero attached hydrogens (tertiary/aromatic N) is 2. The number of nitro groups is 1. The molecule has 0 radical (unpaired) electrons. The fourth-order valence-electron chi connectivity index (χ4n) is 2.99. The minimum atomic E-state index is -4.65. The monoisotopic (exact) mass is 374 g/mol. The van der Waals surface area contributed by atoms with Crippen LogP contribution >= 0.6 is 0 Å². The third kappa shape index (κ3) is 5.07. The smallest absolute Gasteiger partial charge is 0.379 e. The highest BCUT2D eigenvalue weighted by molar-refractivity contribution is 5.77. The Morgan fingerprint density at radius 2 is 2.15 bits per heavy atom. The van der Waals surface area contributed by atoms with Gasteiger partial charge in [-0.05, 0) is 38.1 Å². The number of alkyl halides is 3. The standard InChI is InChI=1S/C16H21F3N4O3/c1-20-9-11-5-7-22(10-11)15(24)4-6-21-13-3-2-12(16(17,18)19)8-14(13)23(25)26/h2-3,8,11,20-21H,4-7,9-10H2,1H3. The number of rotatable bonds is 7. The fourth-order valence-corrected chi connectivity index (χ4v) is 2.99. The molecule has 2 rings (SSSR count). The average molecular weight is 374 g/mol. The molecular weight excluding hydrogens is 353 g/mol. The van der Waals surface area contributed by atoms with Crippen LogP contribution in [0.1, 0.15) is 18.4 Å². The van der Waals surface area contributed by atoms with Gasteiger partial charge in [-0.25, -0.2) is 0 Å². The third-order valence-electron chi connectivity index (χ3n) is 4.31. The van der Waals surface area contributed by atoms with Crippen molar-refractivity contribution in [3.63, 3.8) is 0 Å². The molecule has 1 aromatic carbocycles. The maximum absolute atomic E-state index is 12.7. The second-order valence-electron chi connectivity index (χ2n) is 6.22. The van der Waals surface area contributed by atoms with Crippen LogP contribution in [0.5, 0.6) is 0 Å². The number of halogens is 3. The lowest BCUT2D eigenvalue weighted by atomic mass is 10.1. The van der Waals surface area contributed by atoms with Crippen LogP contribution in [0.4, 0.5) is 24.5 Å². The topological polar surface area (TPSA) is 87.5 Å². The van der Waals surface area contributed by atoms with Gasteiger partial charge in [-0.1, -0.05) is 0 Å². The SMILES string of the molecule is CNCC1CCN(C(=O)CCNc2ccc(C(F)(F)F)cc2[N+](=O)[O-])C1. The number of hydrogen-bond donors (Lipinski definition) is 2. The van der Waals surface area contributed by atoms with Crippen molar-refractivity contribution in [1.29, 1.82) is 0 Å². The summed E-state index contributed by atoms with van der Waals surface area (Å²) in [5.74, 6) is 0.332. The van der Waals surface area contributed by atoms with E-state index in [1.165, 1.54) is 0 Å². The number of carbonyl (C=O) groups excluding carboxylic acids is 1. The summed E-state index contributed by atoms with van der Waals surface area (Å²) in [7, 11) is 1.85. The molecule has 0 spiro atoms. The zero-order valence-corrected chi connectivity index (χ0v) is 14.3. The molecule has 0 aliphatic carbocycles. The van der Waals surface area contributed by atoms with Crippen molar-refractivity contribution in [2.24, 2.45) is 5.92 Å². The maximum atomic E-state index is 12.7. The first kappa shape index (κ1) is 20.0. The van der Waals surface area contributed by atoms with Crippen LogP contribution in [0.15, 0.2) is 18.2 Å². The highest BCUT2D eigenvalue weighted by Crippen LogP contribution is 2.34. The fraction of sp³-hybridized carbons (Fsp3) is 0.562. The summed E-state index contributed by atoms with van der Waals surface area (Å²) in [5.41, 5.74) is -1.79. The molecule has 0 saturated carbocycles. The van der Waals surface area contributed by atoms with E-state index >= 15 is 0 Å². The molecule has 1 saturated heterocycles. The molecular formula is C16H21F3N4O3. The Morgan fingerprint density at radius 1 is 1.42 bits per heavy atom. The van der Waals surface area contributed by atoms with Gasteiger partial charge in [-0.2, -0.15) is 13.2 Å². The lowest BCUT2D eigenvalue weighted by molar-refractivity contribution is -0.384. The number of likely N-dealkylation sites (tertiary alicyclic amines) is 1. The van der Waals surface area contributed by atoms with Gasteiger partial charge in [0.05, 0.1) is 10.5 Å². The number of nitrogens with one attached hydrogen (secondary N) is 2. The molecule has 1 heterocycles. The Kier molecular flexibility index (Phi) is 6.41. The Balaban J connectivity index is 1.93. The number of hydrogen-bond acceptors (Lipinski definition) is 5. The van der Waals surface area contributed by atoms with Gasteiger partial charge in [0.1, 0.15) is 5.69 Å². The molecule has 26 heavy (non-hydrogen) atoms. The predicted octanol–water partition coefficient (Wildman–Crippen LogP) is 2.48. The van der Waals surface area contributed by atoms with Crippen molar-refractivity contribution in [3.05, 3.63) is 33.9 Å². The average Bonchev–Trinajstić information content (AvgIpc) is 3.03. The van der Waals surface area contributed by atoms with Gasteiger partial charge in [0.25, 0.3) is 5.69 Å². The van der Waals surface area contributed by atoms with E-state index in [0.717, 1.165) is 25.1 Å². The first-order valence-corrected chi connectivity index (χ1v) is 8.24. The summed E-state index contributed by atoms with van der Waals surface area (Å²) < 4.78 is 38.0. The second-order valence-corrected chi connectivity index (χ2v) is 6.22. The Morgan fingerprint density at radius 3 is 2.77 bits per heavy atom. The molecule has 7 nitrogen and oxygen atoms in total. The molecule has 1 fully saturated rings. The number of nitro benzene ring substituents is 1. The highest BCUT2D eigenvalue weighted by atomic mass is 19.4. The van der Waals surface area contributed by atoms with Crippen molar-refractivity contribution in [1.82, 2.24) is 10.2 Å². The minimum absolute atomic E-state index is 0.0368. The first-order chi connectivity index (χ1) is 12.2. The van der Waals surface area contributed by atoms with Crippen LogP contribution in [0.2, 0.25) is 0 Å². The minimum Gasteiger partial charge on any atom is -0.379 e. The number of carbonyl (C=O) groups is 1. The van der Waals surface area contributed by atoms with E-state index < -0.39 is 22.4 Å². The summed E-state index contributed by atoms with van der Waals surface area (Å²) in [6, 6.07) is 2.29.